The molecule has 0 radical (unpaired) electrons. The van der Waals surface area contributed by atoms with Crippen LogP contribution in [-0.4, -0.2) is 9.97 Å². The Bertz CT molecular complexity index is 1010. The second-order valence-electron chi connectivity index (χ2n) is 7.85. The van der Waals surface area contributed by atoms with Gasteiger partial charge in [0.2, 0.25) is 0 Å². The topological polar surface area (TPSA) is 49.6 Å². The zero-order valence-electron chi connectivity index (χ0n) is 16.6. The summed E-state index contributed by atoms with van der Waals surface area (Å²) in [5.41, 5.74) is 4.02. The summed E-state index contributed by atoms with van der Waals surface area (Å²) in [7, 11) is 0. The Morgan fingerprint density at radius 2 is 1.59 bits per heavy atom. The standard InChI is InChI=1S/C25H24FN3/c1-2-17-3-5-18(6-4-17)19-7-9-20(10-8-19)23-15-28-25(29-16-23)21-11-12-22(14-27)24(26)13-21/h7-13,15-18H,2-6H2,1H3. The SMILES string of the molecule is CCC1CCC(c2ccc(-c3cnc(-c4ccc(C#N)c(F)c4)nc3)cc2)CC1. The third-order valence-electron chi connectivity index (χ3n) is 6.14. The zero-order chi connectivity index (χ0) is 20.2. The van der Waals surface area contributed by atoms with E-state index in [9.17, 15) is 4.39 Å². The van der Waals surface area contributed by atoms with Crippen molar-refractivity contribution in [3.05, 3.63) is 71.8 Å². The van der Waals surface area contributed by atoms with Crippen molar-refractivity contribution in [2.24, 2.45) is 5.92 Å². The van der Waals surface area contributed by atoms with E-state index < -0.39 is 5.82 Å². The van der Waals surface area contributed by atoms with Crippen molar-refractivity contribution in [2.45, 2.75) is 44.9 Å². The maximum absolute atomic E-state index is 13.8. The third kappa shape index (κ3) is 4.19. The molecule has 0 bridgehead atoms. The third-order valence-corrected chi connectivity index (χ3v) is 6.14. The van der Waals surface area contributed by atoms with Gasteiger partial charge in [-0.15, -0.1) is 0 Å². The van der Waals surface area contributed by atoms with Crippen molar-refractivity contribution < 1.29 is 4.39 Å². The van der Waals surface area contributed by atoms with Gasteiger partial charge in [0.05, 0.1) is 5.56 Å². The average molecular weight is 385 g/mol. The fraction of sp³-hybridized carbons (Fsp3) is 0.320. The minimum Gasteiger partial charge on any atom is -0.236 e. The van der Waals surface area contributed by atoms with Crippen LogP contribution in [0, 0.1) is 23.1 Å². The molecule has 2 aromatic carbocycles. The summed E-state index contributed by atoms with van der Waals surface area (Å²) >= 11 is 0. The van der Waals surface area contributed by atoms with Gasteiger partial charge in [-0.2, -0.15) is 5.26 Å². The molecule has 0 aliphatic heterocycles. The maximum atomic E-state index is 13.8. The van der Waals surface area contributed by atoms with Gasteiger partial charge in [-0.1, -0.05) is 37.6 Å². The Labute approximate surface area is 171 Å². The molecule has 1 aliphatic carbocycles. The van der Waals surface area contributed by atoms with E-state index in [1.807, 2.05) is 6.07 Å². The van der Waals surface area contributed by atoms with E-state index in [4.69, 9.17) is 5.26 Å². The van der Waals surface area contributed by atoms with Crippen LogP contribution in [0.4, 0.5) is 4.39 Å². The van der Waals surface area contributed by atoms with Crippen LogP contribution in [0.15, 0.2) is 54.9 Å². The lowest BCUT2D eigenvalue weighted by Crippen LogP contribution is -2.12. The van der Waals surface area contributed by atoms with Gasteiger partial charge in [0.15, 0.2) is 5.82 Å². The molecule has 0 unspecified atom stereocenters. The summed E-state index contributed by atoms with van der Waals surface area (Å²) in [5, 5.41) is 8.85. The number of hydrogen-bond acceptors (Lipinski definition) is 3. The lowest BCUT2D eigenvalue weighted by atomic mass is 9.78. The van der Waals surface area contributed by atoms with Crippen LogP contribution in [0.25, 0.3) is 22.5 Å². The van der Waals surface area contributed by atoms with E-state index in [-0.39, 0.29) is 5.56 Å². The molecule has 0 spiro atoms. The van der Waals surface area contributed by atoms with Gasteiger partial charge in [-0.25, -0.2) is 14.4 Å². The summed E-state index contributed by atoms with van der Waals surface area (Å²) in [5.74, 6) is 1.48. The summed E-state index contributed by atoms with van der Waals surface area (Å²) in [4.78, 5) is 8.78. The average Bonchev–Trinajstić information content (AvgIpc) is 2.79. The highest BCUT2D eigenvalue weighted by molar-refractivity contribution is 5.64. The molecule has 1 heterocycles. The molecule has 4 rings (SSSR count). The number of benzene rings is 2. The van der Waals surface area contributed by atoms with Crippen molar-refractivity contribution >= 4 is 0 Å². The van der Waals surface area contributed by atoms with Crippen LogP contribution in [0.5, 0.6) is 0 Å². The molecule has 1 aliphatic rings. The number of aromatic nitrogens is 2. The highest BCUT2D eigenvalue weighted by Crippen LogP contribution is 2.37. The quantitative estimate of drug-likeness (QED) is 0.515. The van der Waals surface area contributed by atoms with Gasteiger partial charge in [-0.3, -0.25) is 0 Å². The molecule has 0 N–H and O–H groups in total. The predicted octanol–water partition coefficient (Wildman–Crippen LogP) is 6.51. The summed E-state index contributed by atoms with van der Waals surface area (Å²) < 4.78 is 13.8. The second-order valence-corrected chi connectivity index (χ2v) is 7.85. The lowest BCUT2D eigenvalue weighted by molar-refractivity contribution is 0.319. The minimum atomic E-state index is -0.554. The van der Waals surface area contributed by atoms with Gasteiger partial charge < -0.3 is 0 Å². The summed E-state index contributed by atoms with van der Waals surface area (Å²) in [6.45, 7) is 2.30. The van der Waals surface area contributed by atoms with Gasteiger partial charge in [0.1, 0.15) is 11.9 Å². The Hall–Kier alpha value is -3.06. The summed E-state index contributed by atoms with van der Waals surface area (Å²) in [6, 6.07) is 15.0. The van der Waals surface area contributed by atoms with Crippen molar-refractivity contribution in [3.63, 3.8) is 0 Å². The summed E-state index contributed by atoms with van der Waals surface area (Å²) in [6.07, 6.45) is 10.1. The Kier molecular flexibility index (Phi) is 5.67. The molecule has 4 heteroatoms. The van der Waals surface area contributed by atoms with Crippen LogP contribution in [-0.2, 0) is 0 Å². The van der Waals surface area contributed by atoms with Gasteiger partial charge in [0.25, 0.3) is 0 Å². The lowest BCUT2D eigenvalue weighted by Gasteiger charge is -2.28. The van der Waals surface area contributed by atoms with Gasteiger partial charge >= 0.3 is 0 Å². The zero-order valence-corrected chi connectivity index (χ0v) is 16.6. The molecule has 1 saturated carbocycles. The molecule has 0 saturated heterocycles. The molecular weight excluding hydrogens is 361 g/mol. The first kappa shape index (κ1) is 19.3. The molecular formula is C25H24FN3. The van der Waals surface area contributed by atoms with Gasteiger partial charge in [0, 0.05) is 23.5 Å². The normalized spacial score (nSPS) is 18.9. The Morgan fingerprint density at radius 3 is 2.17 bits per heavy atom. The molecule has 3 nitrogen and oxygen atoms in total. The largest absolute Gasteiger partial charge is 0.236 e. The highest BCUT2D eigenvalue weighted by Gasteiger charge is 2.21. The van der Waals surface area contributed by atoms with Crippen LogP contribution < -0.4 is 0 Å². The molecule has 146 valence electrons. The molecule has 1 fully saturated rings. The molecule has 1 aromatic heterocycles. The highest BCUT2D eigenvalue weighted by atomic mass is 19.1. The van der Waals surface area contributed by atoms with Crippen LogP contribution in [0.2, 0.25) is 0 Å². The van der Waals surface area contributed by atoms with E-state index in [0.29, 0.717) is 17.3 Å². The monoisotopic (exact) mass is 385 g/mol. The number of hydrogen-bond donors (Lipinski definition) is 0. The molecule has 29 heavy (non-hydrogen) atoms. The van der Waals surface area contributed by atoms with Crippen LogP contribution >= 0.6 is 0 Å². The predicted molar refractivity (Wildman–Crippen MR) is 113 cm³/mol. The van der Waals surface area contributed by atoms with E-state index in [1.54, 1.807) is 18.5 Å². The van der Waals surface area contributed by atoms with E-state index in [1.165, 1.54) is 49.8 Å². The molecule has 3 aromatic rings. The first-order valence-electron chi connectivity index (χ1n) is 10.3. The van der Waals surface area contributed by atoms with Crippen molar-refractivity contribution in [2.75, 3.05) is 0 Å². The Balaban J connectivity index is 1.48. The smallest absolute Gasteiger partial charge is 0.159 e. The molecule has 0 atom stereocenters. The maximum Gasteiger partial charge on any atom is 0.159 e. The minimum absolute atomic E-state index is 0.0219. The van der Waals surface area contributed by atoms with E-state index >= 15 is 0 Å². The molecule has 0 amide bonds. The Morgan fingerprint density at radius 1 is 0.931 bits per heavy atom. The number of halogens is 1. The first-order chi connectivity index (χ1) is 14.2. The van der Waals surface area contributed by atoms with Crippen LogP contribution in [0.1, 0.15) is 56.1 Å². The fourth-order valence-electron chi connectivity index (χ4n) is 4.22. The van der Waals surface area contributed by atoms with Crippen molar-refractivity contribution in [1.29, 1.82) is 5.26 Å². The number of nitriles is 1. The first-order valence-corrected chi connectivity index (χ1v) is 10.3. The van der Waals surface area contributed by atoms with Crippen LogP contribution in [0.3, 0.4) is 0 Å². The fourth-order valence-corrected chi connectivity index (χ4v) is 4.22. The van der Waals surface area contributed by atoms with E-state index in [2.05, 4.69) is 41.2 Å². The number of rotatable bonds is 4. The number of nitrogens with zero attached hydrogens (tertiary/aromatic N) is 3. The van der Waals surface area contributed by atoms with E-state index in [0.717, 1.165) is 17.0 Å². The van der Waals surface area contributed by atoms with Gasteiger partial charge in [-0.05, 0) is 66.8 Å². The second kappa shape index (κ2) is 8.53. The van der Waals surface area contributed by atoms with Crippen molar-refractivity contribution in [1.82, 2.24) is 9.97 Å². The van der Waals surface area contributed by atoms with Crippen molar-refractivity contribution in [3.8, 4) is 28.6 Å².